The normalized spacial score (nSPS) is 9.45. The maximum atomic E-state index is 11.4. The van der Waals surface area contributed by atoms with Gasteiger partial charge < -0.3 is 20.1 Å². The highest BCUT2D eigenvalue weighted by Crippen LogP contribution is 2.27. The molecule has 0 fully saturated rings. The summed E-state index contributed by atoms with van der Waals surface area (Å²) in [6.07, 6.45) is 0.995. The number of amides is 2. The van der Waals surface area contributed by atoms with Crippen LogP contribution < -0.4 is 20.1 Å². The average Bonchev–Trinajstić information content (AvgIpc) is 2.47. The van der Waals surface area contributed by atoms with Gasteiger partial charge in [0.05, 0.1) is 26.7 Å². The number of methoxy groups -OCH3 is 2. The SMILES string of the molecule is COc1ccc(CCNC(=O)NCCC#N)cc1OC. The number of nitrogens with zero attached hydrogens (tertiary/aromatic N) is 1. The van der Waals surface area contributed by atoms with Gasteiger partial charge in [-0.25, -0.2) is 4.79 Å². The van der Waals surface area contributed by atoms with Gasteiger partial charge in [-0.05, 0) is 24.1 Å². The fraction of sp³-hybridized carbons (Fsp3) is 0.429. The molecular formula is C14H19N3O3. The molecule has 1 aromatic rings. The van der Waals surface area contributed by atoms with Gasteiger partial charge in [0.2, 0.25) is 0 Å². The van der Waals surface area contributed by atoms with Crippen LogP contribution >= 0.6 is 0 Å². The molecule has 2 amide bonds. The van der Waals surface area contributed by atoms with Crippen molar-refractivity contribution in [1.82, 2.24) is 10.6 Å². The van der Waals surface area contributed by atoms with E-state index in [1.165, 1.54) is 0 Å². The number of urea groups is 1. The van der Waals surface area contributed by atoms with E-state index in [0.29, 0.717) is 37.4 Å². The lowest BCUT2D eigenvalue weighted by atomic mass is 10.1. The van der Waals surface area contributed by atoms with Crippen molar-refractivity contribution < 1.29 is 14.3 Å². The van der Waals surface area contributed by atoms with Crippen LogP contribution in [0.5, 0.6) is 11.5 Å². The molecule has 6 heteroatoms. The minimum atomic E-state index is -0.263. The first-order valence-corrected chi connectivity index (χ1v) is 6.30. The third-order valence-corrected chi connectivity index (χ3v) is 2.67. The second kappa shape index (κ2) is 8.64. The van der Waals surface area contributed by atoms with Crippen molar-refractivity contribution in [2.45, 2.75) is 12.8 Å². The Balaban J connectivity index is 2.39. The summed E-state index contributed by atoms with van der Waals surface area (Å²) >= 11 is 0. The van der Waals surface area contributed by atoms with E-state index in [0.717, 1.165) is 5.56 Å². The molecule has 0 bridgehead atoms. The molecule has 0 aliphatic rings. The molecular weight excluding hydrogens is 258 g/mol. The number of nitriles is 1. The number of hydrogen-bond donors (Lipinski definition) is 2. The van der Waals surface area contributed by atoms with Crippen LogP contribution in [0.2, 0.25) is 0 Å². The van der Waals surface area contributed by atoms with Crippen LogP contribution in [0, 0.1) is 11.3 Å². The number of rotatable bonds is 7. The molecule has 1 aromatic carbocycles. The zero-order chi connectivity index (χ0) is 14.8. The fourth-order valence-corrected chi connectivity index (χ4v) is 1.65. The Morgan fingerprint density at radius 2 is 1.90 bits per heavy atom. The van der Waals surface area contributed by atoms with Crippen LogP contribution in [-0.4, -0.2) is 33.3 Å². The van der Waals surface area contributed by atoms with Crippen LogP contribution in [0.3, 0.4) is 0 Å². The van der Waals surface area contributed by atoms with Gasteiger partial charge in [-0.1, -0.05) is 6.07 Å². The number of benzene rings is 1. The lowest BCUT2D eigenvalue weighted by molar-refractivity contribution is 0.241. The predicted molar refractivity (Wildman–Crippen MR) is 74.9 cm³/mol. The first-order valence-electron chi connectivity index (χ1n) is 6.30. The van der Waals surface area contributed by atoms with Crippen LogP contribution in [0.1, 0.15) is 12.0 Å². The summed E-state index contributed by atoms with van der Waals surface area (Å²) in [6.45, 7) is 0.868. The summed E-state index contributed by atoms with van der Waals surface area (Å²) in [5.74, 6) is 1.35. The van der Waals surface area contributed by atoms with Crippen molar-refractivity contribution >= 4 is 6.03 Å². The monoisotopic (exact) mass is 277 g/mol. The van der Waals surface area contributed by atoms with Crippen LogP contribution in [-0.2, 0) is 6.42 Å². The number of nitrogens with one attached hydrogen (secondary N) is 2. The van der Waals surface area contributed by atoms with Gasteiger partial charge in [0.25, 0.3) is 0 Å². The molecule has 0 saturated heterocycles. The van der Waals surface area contributed by atoms with E-state index in [-0.39, 0.29) is 6.03 Å². The topological polar surface area (TPSA) is 83.4 Å². The van der Waals surface area contributed by atoms with Gasteiger partial charge in [-0.3, -0.25) is 0 Å². The Bertz CT molecular complexity index is 483. The van der Waals surface area contributed by atoms with Gasteiger partial charge in [0.15, 0.2) is 11.5 Å². The van der Waals surface area contributed by atoms with Crippen LogP contribution in [0.25, 0.3) is 0 Å². The number of carbonyl (C=O) groups is 1. The summed E-state index contributed by atoms with van der Waals surface area (Å²) in [7, 11) is 3.17. The smallest absolute Gasteiger partial charge is 0.314 e. The molecule has 0 heterocycles. The molecule has 1 rings (SSSR count). The molecule has 0 spiro atoms. The Morgan fingerprint density at radius 1 is 1.20 bits per heavy atom. The third kappa shape index (κ3) is 5.06. The summed E-state index contributed by atoms with van der Waals surface area (Å²) in [5.41, 5.74) is 1.04. The zero-order valence-electron chi connectivity index (χ0n) is 11.7. The van der Waals surface area contributed by atoms with Crippen molar-refractivity contribution in [2.75, 3.05) is 27.3 Å². The molecule has 0 aliphatic carbocycles. The summed E-state index contributed by atoms with van der Waals surface area (Å²) in [5, 5.41) is 13.7. The number of ether oxygens (including phenoxy) is 2. The van der Waals surface area contributed by atoms with E-state index in [4.69, 9.17) is 14.7 Å². The number of hydrogen-bond acceptors (Lipinski definition) is 4. The van der Waals surface area contributed by atoms with E-state index in [2.05, 4.69) is 10.6 Å². The van der Waals surface area contributed by atoms with E-state index >= 15 is 0 Å². The predicted octanol–water partition coefficient (Wildman–Crippen LogP) is 1.46. The minimum Gasteiger partial charge on any atom is -0.493 e. The quantitative estimate of drug-likeness (QED) is 0.739. The van der Waals surface area contributed by atoms with Gasteiger partial charge in [0, 0.05) is 13.1 Å². The van der Waals surface area contributed by atoms with E-state index in [1.807, 2.05) is 24.3 Å². The zero-order valence-corrected chi connectivity index (χ0v) is 11.7. The Morgan fingerprint density at radius 3 is 2.55 bits per heavy atom. The van der Waals surface area contributed by atoms with Gasteiger partial charge >= 0.3 is 6.03 Å². The van der Waals surface area contributed by atoms with Gasteiger partial charge in [0.1, 0.15) is 0 Å². The lowest BCUT2D eigenvalue weighted by Gasteiger charge is -2.10. The fourth-order valence-electron chi connectivity index (χ4n) is 1.65. The minimum absolute atomic E-state index is 0.263. The Labute approximate surface area is 118 Å². The highest BCUT2D eigenvalue weighted by atomic mass is 16.5. The third-order valence-electron chi connectivity index (χ3n) is 2.67. The Hall–Kier alpha value is -2.42. The van der Waals surface area contributed by atoms with E-state index in [1.54, 1.807) is 14.2 Å². The van der Waals surface area contributed by atoms with Crippen LogP contribution in [0.15, 0.2) is 18.2 Å². The summed E-state index contributed by atoms with van der Waals surface area (Å²) in [4.78, 5) is 11.4. The number of carbonyl (C=O) groups excluding carboxylic acids is 1. The van der Waals surface area contributed by atoms with Gasteiger partial charge in [-0.15, -0.1) is 0 Å². The van der Waals surface area contributed by atoms with Crippen molar-refractivity contribution in [3.05, 3.63) is 23.8 Å². The van der Waals surface area contributed by atoms with Crippen molar-refractivity contribution in [3.8, 4) is 17.6 Å². The molecule has 0 radical (unpaired) electrons. The summed E-state index contributed by atoms with van der Waals surface area (Å²) in [6, 6.07) is 7.34. The lowest BCUT2D eigenvalue weighted by Crippen LogP contribution is -2.36. The summed E-state index contributed by atoms with van der Waals surface area (Å²) < 4.78 is 10.4. The van der Waals surface area contributed by atoms with Crippen molar-refractivity contribution in [1.29, 1.82) is 5.26 Å². The van der Waals surface area contributed by atoms with Crippen molar-refractivity contribution in [3.63, 3.8) is 0 Å². The molecule has 0 saturated carbocycles. The second-order valence-corrected chi connectivity index (χ2v) is 4.03. The maximum Gasteiger partial charge on any atom is 0.314 e. The molecule has 2 N–H and O–H groups in total. The molecule has 0 aliphatic heterocycles. The first kappa shape index (κ1) is 15.6. The van der Waals surface area contributed by atoms with Crippen LogP contribution in [0.4, 0.5) is 4.79 Å². The molecule has 20 heavy (non-hydrogen) atoms. The molecule has 6 nitrogen and oxygen atoms in total. The van der Waals surface area contributed by atoms with E-state index < -0.39 is 0 Å². The second-order valence-electron chi connectivity index (χ2n) is 4.03. The van der Waals surface area contributed by atoms with E-state index in [9.17, 15) is 4.79 Å². The Kier molecular flexibility index (Phi) is 6.76. The average molecular weight is 277 g/mol. The molecule has 0 atom stereocenters. The largest absolute Gasteiger partial charge is 0.493 e. The molecule has 0 unspecified atom stereocenters. The standard InChI is InChI=1S/C14H19N3O3/c1-19-12-5-4-11(10-13(12)20-2)6-9-17-14(18)16-8-3-7-15/h4-5,10H,3,6,8-9H2,1-2H3,(H2,16,17,18). The van der Waals surface area contributed by atoms with Gasteiger partial charge in [-0.2, -0.15) is 5.26 Å². The maximum absolute atomic E-state index is 11.4. The molecule has 108 valence electrons. The highest BCUT2D eigenvalue weighted by Gasteiger charge is 2.05. The van der Waals surface area contributed by atoms with Crippen molar-refractivity contribution in [2.24, 2.45) is 0 Å². The first-order chi connectivity index (χ1) is 9.71. The molecule has 0 aromatic heterocycles. The highest BCUT2D eigenvalue weighted by molar-refractivity contribution is 5.73.